The molecule has 0 aliphatic carbocycles. The van der Waals surface area contributed by atoms with Crippen LogP contribution < -0.4 is 5.32 Å². The standard InChI is InChI=1S/C20H24N2O4S/c1-11-15(19(25)26-20(3,4)5)22-17(24)14(13-9-7-6-8-10-13)18(22)27-16(11)21-12(2)23/h6-10,14,16,18H,1-5H3,(H,21,23)/t14-,16?,18-/m1/s1. The first-order chi connectivity index (χ1) is 12.6. The van der Waals surface area contributed by atoms with Gasteiger partial charge in [0.1, 0.15) is 22.0 Å². The molecule has 144 valence electrons. The summed E-state index contributed by atoms with van der Waals surface area (Å²) in [4.78, 5) is 38.9. The summed E-state index contributed by atoms with van der Waals surface area (Å²) in [5.41, 5.74) is 1.09. The topological polar surface area (TPSA) is 75.7 Å². The summed E-state index contributed by atoms with van der Waals surface area (Å²) >= 11 is 1.47. The van der Waals surface area contributed by atoms with Gasteiger partial charge in [-0.15, -0.1) is 11.8 Å². The molecule has 1 aromatic carbocycles. The van der Waals surface area contributed by atoms with Crippen molar-refractivity contribution in [3.05, 3.63) is 47.2 Å². The van der Waals surface area contributed by atoms with Crippen LogP contribution in [0.1, 0.15) is 46.1 Å². The SMILES string of the molecule is CC(=O)NC1S[C@@H]2[C@H](c3ccccc3)C(=O)N2C(C(=O)OC(C)(C)C)=C1C. The maximum Gasteiger partial charge on any atom is 0.355 e. The predicted octanol–water partition coefficient (Wildman–Crippen LogP) is 2.76. The molecule has 1 fully saturated rings. The molecule has 0 bridgehead atoms. The first kappa shape index (κ1) is 19.5. The number of nitrogens with one attached hydrogen (secondary N) is 1. The zero-order chi connectivity index (χ0) is 19.9. The van der Waals surface area contributed by atoms with Gasteiger partial charge < -0.3 is 10.1 Å². The molecular weight excluding hydrogens is 364 g/mol. The Morgan fingerprint density at radius 1 is 1.19 bits per heavy atom. The van der Waals surface area contributed by atoms with Crippen molar-refractivity contribution in [3.63, 3.8) is 0 Å². The molecule has 7 heteroatoms. The molecule has 3 rings (SSSR count). The molecule has 0 radical (unpaired) electrons. The Labute approximate surface area is 163 Å². The third-order valence-corrected chi connectivity index (χ3v) is 5.92. The van der Waals surface area contributed by atoms with Gasteiger partial charge in [-0.05, 0) is 38.8 Å². The van der Waals surface area contributed by atoms with Crippen LogP contribution in [0.25, 0.3) is 0 Å². The second-order valence-corrected chi connectivity index (χ2v) is 8.96. The molecule has 0 spiro atoms. The zero-order valence-electron chi connectivity index (χ0n) is 16.1. The molecule has 2 aliphatic heterocycles. The van der Waals surface area contributed by atoms with Crippen LogP contribution in [0.15, 0.2) is 41.6 Å². The lowest BCUT2D eigenvalue weighted by Crippen LogP contribution is -2.62. The Morgan fingerprint density at radius 2 is 1.81 bits per heavy atom. The van der Waals surface area contributed by atoms with Gasteiger partial charge in [0.2, 0.25) is 11.8 Å². The number of benzene rings is 1. The van der Waals surface area contributed by atoms with E-state index in [9.17, 15) is 14.4 Å². The number of thioether (sulfide) groups is 1. The van der Waals surface area contributed by atoms with Gasteiger partial charge in [0.05, 0.1) is 5.92 Å². The summed E-state index contributed by atoms with van der Waals surface area (Å²) in [6.45, 7) is 8.55. The number of nitrogens with zero attached hydrogens (tertiary/aromatic N) is 1. The minimum atomic E-state index is -0.680. The van der Waals surface area contributed by atoms with E-state index >= 15 is 0 Å². The second kappa shape index (κ2) is 7.03. The van der Waals surface area contributed by atoms with E-state index in [1.165, 1.54) is 23.6 Å². The number of rotatable bonds is 3. The third-order valence-electron chi connectivity index (χ3n) is 4.41. The summed E-state index contributed by atoms with van der Waals surface area (Å²) < 4.78 is 5.53. The summed E-state index contributed by atoms with van der Waals surface area (Å²) in [6.07, 6.45) is 0. The van der Waals surface area contributed by atoms with Crippen LogP contribution in [0, 0.1) is 0 Å². The van der Waals surface area contributed by atoms with Gasteiger partial charge in [0, 0.05) is 6.92 Å². The van der Waals surface area contributed by atoms with Gasteiger partial charge in [-0.2, -0.15) is 0 Å². The van der Waals surface area contributed by atoms with Crippen molar-refractivity contribution in [1.29, 1.82) is 0 Å². The van der Waals surface area contributed by atoms with Crippen molar-refractivity contribution in [1.82, 2.24) is 10.2 Å². The molecule has 2 aliphatic rings. The van der Waals surface area contributed by atoms with Crippen LogP contribution >= 0.6 is 11.8 Å². The van der Waals surface area contributed by atoms with Gasteiger partial charge in [0.15, 0.2) is 0 Å². The molecule has 1 unspecified atom stereocenters. The van der Waals surface area contributed by atoms with Crippen LogP contribution in [-0.4, -0.2) is 39.0 Å². The number of carbonyl (C=O) groups excluding carboxylic acids is 3. The van der Waals surface area contributed by atoms with Gasteiger partial charge in [-0.1, -0.05) is 30.3 Å². The molecule has 1 N–H and O–H groups in total. The first-order valence-electron chi connectivity index (χ1n) is 8.85. The fourth-order valence-corrected chi connectivity index (χ4v) is 4.87. The number of ether oxygens (including phenoxy) is 1. The van der Waals surface area contributed by atoms with Crippen LogP contribution in [0.5, 0.6) is 0 Å². The molecule has 27 heavy (non-hydrogen) atoms. The number of fused-ring (bicyclic) bond motifs is 1. The fourth-order valence-electron chi connectivity index (χ4n) is 3.28. The van der Waals surface area contributed by atoms with E-state index in [4.69, 9.17) is 4.74 Å². The van der Waals surface area contributed by atoms with E-state index in [0.29, 0.717) is 5.57 Å². The number of esters is 1. The Balaban J connectivity index is 1.98. The summed E-state index contributed by atoms with van der Waals surface area (Å²) in [7, 11) is 0. The Kier molecular flexibility index (Phi) is 5.08. The highest BCUT2D eigenvalue weighted by Gasteiger charge is 2.56. The maximum atomic E-state index is 12.9. The minimum absolute atomic E-state index is 0.125. The van der Waals surface area contributed by atoms with E-state index < -0.39 is 11.6 Å². The molecule has 0 aromatic heterocycles. The highest BCUT2D eigenvalue weighted by atomic mass is 32.2. The third kappa shape index (κ3) is 3.74. The van der Waals surface area contributed by atoms with Crippen molar-refractivity contribution in [2.24, 2.45) is 0 Å². The molecule has 2 heterocycles. The monoisotopic (exact) mass is 388 g/mol. The molecule has 1 aromatic rings. The van der Waals surface area contributed by atoms with Crippen molar-refractivity contribution in [2.75, 3.05) is 0 Å². The van der Waals surface area contributed by atoms with Gasteiger partial charge in [-0.25, -0.2) is 4.79 Å². The molecule has 1 saturated heterocycles. The van der Waals surface area contributed by atoms with Crippen LogP contribution in [0.4, 0.5) is 0 Å². The average Bonchev–Trinajstić information content (AvgIpc) is 2.56. The van der Waals surface area contributed by atoms with Crippen molar-refractivity contribution in [2.45, 2.75) is 56.9 Å². The number of hydrogen-bond donors (Lipinski definition) is 1. The van der Waals surface area contributed by atoms with Gasteiger partial charge in [0.25, 0.3) is 0 Å². The minimum Gasteiger partial charge on any atom is -0.455 e. The quantitative estimate of drug-likeness (QED) is 0.637. The normalized spacial score (nSPS) is 24.9. The van der Waals surface area contributed by atoms with E-state index in [1.807, 2.05) is 30.3 Å². The van der Waals surface area contributed by atoms with Gasteiger partial charge >= 0.3 is 5.97 Å². The Bertz CT molecular complexity index is 813. The lowest BCUT2D eigenvalue weighted by atomic mass is 9.88. The Hall–Kier alpha value is -2.28. The fraction of sp³-hybridized carbons (Fsp3) is 0.450. The number of amides is 2. The lowest BCUT2D eigenvalue weighted by molar-refractivity contribution is -0.158. The largest absolute Gasteiger partial charge is 0.455 e. The smallest absolute Gasteiger partial charge is 0.355 e. The molecule has 6 nitrogen and oxygen atoms in total. The highest BCUT2D eigenvalue weighted by molar-refractivity contribution is 8.00. The molecular formula is C20H24N2O4S. The zero-order valence-corrected chi connectivity index (χ0v) is 16.9. The summed E-state index contributed by atoms with van der Waals surface area (Å²) in [6, 6.07) is 9.49. The van der Waals surface area contributed by atoms with Crippen molar-refractivity contribution >= 4 is 29.5 Å². The van der Waals surface area contributed by atoms with E-state index in [0.717, 1.165) is 5.56 Å². The summed E-state index contributed by atoms with van der Waals surface area (Å²) in [5.74, 6) is -1.20. The highest BCUT2D eigenvalue weighted by Crippen LogP contribution is 2.50. The van der Waals surface area contributed by atoms with E-state index in [-0.39, 0.29) is 34.2 Å². The molecule has 2 amide bonds. The number of carbonyl (C=O) groups is 3. The molecule has 3 atom stereocenters. The van der Waals surface area contributed by atoms with Crippen LogP contribution in [0.3, 0.4) is 0 Å². The van der Waals surface area contributed by atoms with E-state index in [1.54, 1.807) is 27.7 Å². The van der Waals surface area contributed by atoms with Gasteiger partial charge in [-0.3, -0.25) is 14.5 Å². The Morgan fingerprint density at radius 3 is 2.37 bits per heavy atom. The van der Waals surface area contributed by atoms with Crippen LogP contribution in [0.2, 0.25) is 0 Å². The van der Waals surface area contributed by atoms with Crippen molar-refractivity contribution in [3.8, 4) is 0 Å². The average molecular weight is 388 g/mol. The second-order valence-electron chi connectivity index (χ2n) is 7.74. The maximum absolute atomic E-state index is 12.9. The molecule has 0 saturated carbocycles. The first-order valence-corrected chi connectivity index (χ1v) is 9.79. The predicted molar refractivity (Wildman–Crippen MR) is 104 cm³/mol. The summed E-state index contributed by atoms with van der Waals surface area (Å²) in [5, 5.41) is 2.23. The number of hydrogen-bond acceptors (Lipinski definition) is 5. The van der Waals surface area contributed by atoms with E-state index in [2.05, 4.69) is 5.32 Å². The van der Waals surface area contributed by atoms with Crippen LogP contribution in [-0.2, 0) is 19.1 Å². The number of β-lactam (4-membered cyclic amide) rings is 1. The van der Waals surface area contributed by atoms with Crippen molar-refractivity contribution < 1.29 is 19.1 Å². The lowest BCUT2D eigenvalue weighted by Gasteiger charge is -2.51.